The molecule has 1 unspecified atom stereocenters. The van der Waals surface area contributed by atoms with Crippen molar-refractivity contribution in [3.63, 3.8) is 0 Å². The molecule has 0 saturated carbocycles. The largest absolute Gasteiger partial charge is 0.382 e. The number of hydrogen-bond donors (Lipinski definition) is 2. The number of pyridine rings is 1. The van der Waals surface area contributed by atoms with Crippen LogP contribution in [0.15, 0.2) is 42.6 Å². The van der Waals surface area contributed by atoms with Crippen molar-refractivity contribution < 1.29 is 19.1 Å². The molecule has 0 fully saturated rings. The number of amides is 2. The molecule has 3 aromatic rings. The molecule has 0 bridgehead atoms. The molecule has 1 atom stereocenters. The average Bonchev–Trinajstić information content (AvgIpc) is 3.19. The standard InChI is InChI=1S/C22H23ClN4O4/c1-30-8-9-31-7-6-27-19-5-3-2-4-14(19)10-17(22(27)29)26-21(28)16-11-15-12-20(23)24-13-18(15)25-16/h2-5,11-13,17,25H,6-10H2,1H3,(H,26,28). The number of anilines is 1. The van der Waals surface area contributed by atoms with Gasteiger partial charge in [-0.25, -0.2) is 4.98 Å². The summed E-state index contributed by atoms with van der Waals surface area (Å²) in [6, 6.07) is 10.4. The molecule has 1 aliphatic heterocycles. The first kappa shape index (κ1) is 21.3. The van der Waals surface area contributed by atoms with Crippen molar-refractivity contribution in [1.29, 1.82) is 0 Å². The molecule has 9 heteroatoms. The highest BCUT2D eigenvalue weighted by Crippen LogP contribution is 2.28. The van der Waals surface area contributed by atoms with E-state index < -0.39 is 6.04 Å². The third kappa shape index (κ3) is 4.71. The minimum absolute atomic E-state index is 0.164. The van der Waals surface area contributed by atoms with Crippen LogP contribution in [0.5, 0.6) is 0 Å². The molecular formula is C22H23ClN4O4. The number of fused-ring (bicyclic) bond motifs is 2. The summed E-state index contributed by atoms with van der Waals surface area (Å²) in [5, 5.41) is 3.99. The van der Waals surface area contributed by atoms with Gasteiger partial charge in [0.1, 0.15) is 16.9 Å². The van der Waals surface area contributed by atoms with E-state index in [-0.39, 0.29) is 11.8 Å². The zero-order valence-corrected chi connectivity index (χ0v) is 17.8. The topological polar surface area (TPSA) is 96.6 Å². The summed E-state index contributed by atoms with van der Waals surface area (Å²) in [6.45, 7) is 1.72. The molecule has 2 N–H and O–H groups in total. The predicted molar refractivity (Wildman–Crippen MR) is 118 cm³/mol. The fourth-order valence-electron chi connectivity index (χ4n) is 3.67. The number of hydrogen-bond acceptors (Lipinski definition) is 5. The number of methoxy groups -OCH3 is 1. The van der Waals surface area contributed by atoms with E-state index >= 15 is 0 Å². The predicted octanol–water partition coefficient (Wildman–Crippen LogP) is 2.57. The smallest absolute Gasteiger partial charge is 0.268 e. The Labute approximate surface area is 184 Å². The highest BCUT2D eigenvalue weighted by molar-refractivity contribution is 6.30. The van der Waals surface area contributed by atoms with Crippen molar-refractivity contribution in [2.24, 2.45) is 0 Å². The Morgan fingerprint density at radius 2 is 2.13 bits per heavy atom. The van der Waals surface area contributed by atoms with Gasteiger partial charge in [-0.15, -0.1) is 0 Å². The summed E-state index contributed by atoms with van der Waals surface area (Å²) in [4.78, 5) is 34.7. The first-order valence-electron chi connectivity index (χ1n) is 9.98. The monoisotopic (exact) mass is 442 g/mol. The minimum atomic E-state index is -0.672. The number of H-pyrrole nitrogens is 1. The highest BCUT2D eigenvalue weighted by Gasteiger charge is 2.33. The number of halogens is 1. The number of ether oxygens (including phenoxy) is 2. The molecule has 31 heavy (non-hydrogen) atoms. The van der Waals surface area contributed by atoms with Gasteiger partial charge in [0.2, 0.25) is 5.91 Å². The molecular weight excluding hydrogens is 420 g/mol. The van der Waals surface area contributed by atoms with Gasteiger partial charge in [-0.05, 0) is 23.8 Å². The Morgan fingerprint density at radius 3 is 2.97 bits per heavy atom. The molecule has 2 aromatic heterocycles. The van der Waals surface area contributed by atoms with Crippen LogP contribution in [0.3, 0.4) is 0 Å². The van der Waals surface area contributed by atoms with E-state index in [2.05, 4.69) is 15.3 Å². The fourth-order valence-corrected chi connectivity index (χ4v) is 3.83. The SMILES string of the molecule is COCCOCCN1C(=O)C(NC(=O)c2cc3cc(Cl)ncc3[nH]2)Cc2ccccc21. The normalized spacial score (nSPS) is 15.9. The molecule has 3 heterocycles. The van der Waals surface area contributed by atoms with Gasteiger partial charge >= 0.3 is 0 Å². The van der Waals surface area contributed by atoms with E-state index in [1.807, 2.05) is 24.3 Å². The van der Waals surface area contributed by atoms with Crippen LogP contribution in [0, 0.1) is 0 Å². The van der Waals surface area contributed by atoms with E-state index in [1.165, 1.54) is 0 Å². The van der Waals surface area contributed by atoms with E-state index in [0.717, 1.165) is 16.6 Å². The van der Waals surface area contributed by atoms with Crippen LogP contribution < -0.4 is 10.2 Å². The number of aromatic nitrogens is 2. The number of carbonyl (C=O) groups excluding carboxylic acids is 2. The van der Waals surface area contributed by atoms with Gasteiger partial charge in [-0.2, -0.15) is 0 Å². The lowest BCUT2D eigenvalue weighted by Gasteiger charge is -2.34. The van der Waals surface area contributed by atoms with Crippen molar-refractivity contribution in [3.05, 3.63) is 59.0 Å². The van der Waals surface area contributed by atoms with E-state index in [4.69, 9.17) is 21.1 Å². The highest BCUT2D eigenvalue weighted by atomic mass is 35.5. The second-order valence-corrected chi connectivity index (χ2v) is 7.62. The average molecular weight is 443 g/mol. The van der Waals surface area contributed by atoms with Crippen LogP contribution >= 0.6 is 11.6 Å². The minimum Gasteiger partial charge on any atom is -0.382 e. The first-order valence-corrected chi connectivity index (χ1v) is 10.4. The second kappa shape index (κ2) is 9.47. The summed E-state index contributed by atoms with van der Waals surface area (Å²) in [5.74, 6) is -0.524. The zero-order valence-electron chi connectivity index (χ0n) is 17.1. The number of aromatic amines is 1. The number of nitrogens with one attached hydrogen (secondary N) is 2. The van der Waals surface area contributed by atoms with Gasteiger partial charge in [0, 0.05) is 31.1 Å². The van der Waals surface area contributed by atoms with Crippen molar-refractivity contribution in [1.82, 2.24) is 15.3 Å². The number of rotatable bonds is 8. The molecule has 162 valence electrons. The van der Waals surface area contributed by atoms with Crippen molar-refractivity contribution in [2.75, 3.05) is 38.4 Å². The maximum absolute atomic E-state index is 13.2. The van der Waals surface area contributed by atoms with Crippen LogP contribution in [0.25, 0.3) is 10.9 Å². The summed E-state index contributed by atoms with van der Waals surface area (Å²) < 4.78 is 10.5. The van der Waals surface area contributed by atoms with E-state index in [1.54, 1.807) is 30.3 Å². The van der Waals surface area contributed by atoms with Gasteiger partial charge in [-0.3, -0.25) is 9.59 Å². The van der Waals surface area contributed by atoms with E-state index in [0.29, 0.717) is 49.1 Å². The van der Waals surface area contributed by atoms with Crippen molar-refractivity contribution in [2.45, 2.75) is 12.5 Å². The first-order chi connectivity index (χ1) is 15.1. The summed E-state index contributed by atoms with van der Waals surface area (Å²) >= 11 is 5.92. The molecule has 4 rings (SSSR count). The van der Waals surface area contributed by atoms with Crippen LogP contribution in [-0.4, -0.2) is 61.3 Å². The fraction of sp³-hybridized carbons (Fsp3) is 0.318. The quantitative estimate of drug-likeness (QED) is 0.413. The number of carbonyl (C=O) groups is 2. The van der Waals surface area contributed by atoms with Gasteiger partial charge < -0.3 is 24.7 Å². The lowest BCUT2D eigenvalue weighted by Crippen LogP contribution is -2.53. The van der Waals surface area contributed by atoms with Gasteiger partial charge in [-0.1, -0.05) is 29.8 Å². The molecule has 1 aliphatic rings. The summed E-state index contributed by atoms with van der Waals surface area (Å²) in [5.41, 5.74) is 2.89. The molecule has 2 amide bonds. The molecule has 1 aromatic carbocycles. The lowest BCUT2D eigenvalue weighted by molar-refractivity contribution is -0.121. The number of nitrogens with zero attached hydrogens (tertiary/aromatic N) is 2. The van der Waals surface area contributed by atoms with Crippen LogP contribution in [0.4, 0.5) is 5.69 Å². The second-order valence-electron chi connectivity index (χ2n) is 7.23. The van der Waals surface area contributed by atoms with Crippen molar-refractivity contribution >= 4 is 40.0 Å². The van der Waals surface area contributed by atoms with Crippen LogP contribution in [-0.2, 0) is 20.7 Å². The van der Waals surface area contributed by atoms with E-state index in [9.17, 15) is 9.59 Å². The van der Waals surface area contributed by atoms with Crippen molar-refractivity contribution in [3.8, 4) is 0 Å². The van der Waals surface area contributed by atoms with Gasteiger partial charge in [0.15, 0.2) is 0 Å². The summed E-state index contributed by atoms with van der Waals surface area (Å²) in [7, 11) is 1.61. The lowest BCUT2D eigenvalue weighted by atomic mass is 9.97. The third-order valence-electron chi connectivity index (χ3n) is 5.18. The Kier molecular flexibility index (Phi) is 6.50. The molecule has 8 nitrogen and oxygen atoms in total. The molecule has 0 aliphatic carbocycles. The maximum Gasteiger partial charge on any atom is 0.268 e. The number of para-hydroxylation sites is 1. The summed E-state index contributed by atoms with van der Waals surface area (Å²) in [6.07, 6.45) is 2.00. The third-order valence-corrected chi connectivity index (χ3v) is 5.39. The molecule has 0 spiro atoms. The molecule has 0 radical (unpaired) electrons. The maximum atomic E-state index is 13.2. The molecule has 0 saturated heterocycles. The zero-order chi connectivity index (χ0) is 21.8. The Balaban J connectivity index is 1.49. The van der Waals surface area contributed by atoms with Gasteiger partial charge in [0.05, 0.1) is 31.5 Å². The van der Waals surface area contributed by atoms with Crippen LogP contribution in [0.1, 0.15) is 16.1 Å². The Hall–Kier alpha value is -2.94. The number of benzene rings is 1. The van der Waals surface area contributed by atoms with Crippen LogP contribution in [0.2, 0.25) is 5.15 Å². The van der Waals surface area contributed by atoms with Gasteiger partial charge in [0.25, 0.3) is 5.91 Å². The Morgan fingerprint density at radius 1 is 1.29 bits per heavy atom. The Bertz CT molecular complexity index is 1100.